The van der Waals surface area contributed by atoms with Crippen LogP contribution in [0, 0.1) is 6.92 Å². The molecule has 0 spiro atoms. The molecule has 0 aromatic carbocycles. The molecule has 7 heteroatoms. The van der Waals surface area contributed by atoms with Gasteiger partial charge in [0.2, 0.25) is 0 Å². The van der Waals surface area contributed by atoms with Crippen molar-refractivity contribution in [2.45, 2.75) is 45.2 Å². The van der Waals surface area contributed by atoms with Crippen LogP contribution < -0.4 is 10.9 Å². The molecule has 1 N–H and O–H groups in total. The minimum atomic E-state index is 0.135. The minimum Gasteiger partial charge on any atom is -0.377 e. The number of nitrogens with one attached hydrogen (secondary N) is 1. The van der Waals surface area contributed by atoms with Crippen LogP contribution in [-0.2, 0) is 24.1 Å². The molecule has 0 saturated carbocycles. The number of nitrogens with zero attached hydrogens (tertiary/aromatic N) is 4. The summed E-state index contributed by atoms with van der Waals surface area (Å²) in [6.07, 6.45) is 5.74. The van der Waals surface area contributed by atoms with E-state index in [0.29, 0.717) is 19.0 Å². The van der Waals surface area contributed by atoms with Gasteiger partial charge in [0.15, 0.2) is 0 Å². The molecule has 0 bridgehead atoms. The van der Waals surface area contributed by atoms with Gasteiger partial charge in [-0.3, -0.25) is 14.0 Å². The first-order valence-electron chi connectivity index (χ1n) is 8.68. The van der Waals surface area contributed by atoms with E-state index in [1.807, 2.05) is 28.4 Å². The quantitative estimate of drug-likeness (QED) is 0.895. The van der Waals surface area contributed by atoms with Gasteiger partial charge in [0.25, 0.3) is 5.56 Å². The lowest BCUT2D eigenvalue weighted by Gasteiger charge is -2.25. The maximum absolute atomic E-state index is 12.7. The maximum Gasteiger partial charge on any atom is 0.256 e. The molecule has 0 radical (unpaired) electrons. The first-order valence-corrected chi connectivity index (χ1v) is 8.68. The SMILES string of the molecule is Cc1nc2n(c(=O)c1CCNc1ccn(C3COC3)n1)CCCC2. The van der Waals surface area contributed by atoms with Crippen LogP contribution in [0.2, 0.25) is 0 Å². The Balaban J connectivity index is 1.42. The van der Waals surface area contributed by atoms with Crippen LogP contribution >= 0.6 is 0 Å². The highest BCUT2D eigenvalue weighted by Crippen LogP contribution is 2.17. The molecule has 0 unspecified atom stereocenters. The van der Waals surface area contributed by atoms with E-state index in [-0.39, 0.29) is 5.56 Å². The Labute approximate surface area is 140 Å². The highest BCUT2D eigenvalue weighted by atomic mass is 16.5. The number of rotatable bonds is 5. The molecule has 0 amide bonds. The van der Waals surface area contributed by atoms with E-state index in [2.05, 4.69) is 15.4 Å². The standard InChI is InChI=1S/C17H23N5O2/c1-12-14(17(23)21-8-3-2-4-16(21)19-12)5-7-18-15-6-9-22(20-15)13-10-24-11-13/h6,9,13H,2-5,7-8,10-11H2,1H3,(H,18,20). The van der Waals surface area contributed by atoms with E-state index < -0.39 is 0 Å². The summed E-state index contributed by atoms with van der Waals surface area (Å²) in [6, 6.07) is 2.32. The molecule has 2 aromatic rings. The molecule has 0 atom stereocenters. The Morgan fingerprint density at radius 1 is 1.38 bits per heavy atom. The summed E-state index contributed by atoms with van der Waals surface area (Å²) in [6.45, 7) is 4.89. The summed E-state index contributed by atoms with van der Waals surface area (Å²) in [4.78, 5) is 17.3. The van der Waals surface area contributed by atoms with E-state index in [0.717, 1.165) is 61.9 Å². The topological polar surface area (TPSA) is 74.0 Å². The predicted octanol–water partition coefficient (Wildman–Crippen LogP) is 1.31. The smallest absolute Gasteiger partial charge is 0.256 e. The zero-order valence-corrected chi connectivity index (χ0v) is 14.0. The molecule has 2 aliphatic rings. The van der Waals surface area contributed by atoms with E-state index in [1.54, 1.807) is 0 Å². The fourth-order valence-electron chi connectivity index (χ4n) is 3.35. The zero-order chi connectivity index (χ0) is 16.5. The monoisotopic (exact) mass is 329 g/mol. The third-order valence-corrected chi connectivity index (χ3v) is 4.86. The van der Waals surface area contributed by atoms with Gasteiger partial charge in [-0.05, 0) is 26.2 Å². The van der Waals surface area contributed by atoms with Crippen molar-refractivity contribution in [1.29, 1.82) is 0 Å². The number of fused-ring (bicyclic) bond motifs is 1. The molecule has 1 saturated heterocycles. The summed E-state index contributed by atoms with van der Waals surface area (Å²) < 4.78 is 8.98. The molecule has 4 heterocycles. The predicted molar refractivity (Wildman–Crippen MR) is 90.4 cm³/mol. The molecule has 1 fully saturated rings. The van der Waals surface area contributed by atoms with Crippen LogP contribution in [0.25, 0.3) is 0 Å². The number of hydrogen-bond acceptors (Lipinski definition) is 5. The highest BCUT2D eigenvalue weighted by Gasteiger charge is 2.21. The fourth-order valence-corrected chi connectivity index (χ4v) is 3.35. The summed E-state index contributed by atoms with van der Waals surface area (Å²) in [5.74, 6) is 1.78. The van der Waals surface area contributed by atoms with E-state index >= 15 is 0 Å². The molecule has 24 heavy (non-hydrogen) atoms. The molecule has 4 rings (SSSR count). The molecule has 0 aliphatic carbocycles. The van der Waals surface area contributed by atoms with Gasteiger partial charge in [0.1, 0.15) is 11.6 Å². The average Bonchev–Trinajstić information content (AvgIpc) is 2.97. The van der Waals surface area contributed by atoms with Crippen LogP contribution in [0.4, 0.5) is 5.82 Å². The molecule has 128 valence electrons. The first kappa shape index (κ1) is 15.4. The second kappa shape index (κ2) is 6.39. The van der Waals surface area contributed by atoms with Gasteiger partial charge in [-0.25, -0.2) is 4.98 Å². The van der Waals surface area contributed by atoms with Crippen LogP contribution in [0.3, 0.4) is 0 Å². The maximum atomic E-state index is 12.7. The second-order valence-electron chi connectivity index (χ2n) is 6.55. The van der Waals surface area contributed by atoms with Crippen molar-refractivity contribution in [3.63, 3.8) is 0 Å². The molecule has 2 aromatic heterocycles. The van der Waals surface area contributed by atoms with E-state index in [4.69, 9.17) is 4.74 Å². The van der Waals surface area contributed by atoms with Gasteiger partial charge >= 0.3 is 0 Å². The first-order chi connectivity index (χ1) is 11.7. The third kappa shape index (κ3) is 2.84. The van der Waals surface area contributed by atoms with E-state index in [1.165, 1.54) is 0 Å². The largest absolute Gasteiger partial charge is 0.377 e. The van der Waals surface area contributed by atoms with Crippen molar-refractivity contribution in [2.75, 3.05) is 25.1 Å². The Morgan fingerprint density at radius 3 is 3.04 bits per heavy atom. The van der Waals surface area contributed by atoms with Gasteiger partial charge in [-0.1, -0.05) is 0 Å². The Morgan fingerprint density at radius 2 is 2.25 bits per heavy atom. The van der Waals surface area contributed by atoms with Crippen LogP contribution in [0.5, 0.6) is 0 Å². The molecular formula is C17H23N5O2. The molecular weight excluding hydrogens is 306 g/mol. The molecule has 2 aliphatic heterocycles. The lowest BCUT2D eigenvalue weighted by molar-refractivity contribution is -0.0285. The van der Waals surface area contributed by atoms with Crippen molar-refractivity contribution in [3.8, 4) is 0 Å². The number of hydrogen-bond donors (Lipinski definition) is 1. The van der Waals surface area contributed by atoms with Gasteiger partial charge in [-0.2, -0.15) is 5.10 Å². The third-order valence-electron chi connectivity index (χ3n) is 4.86. The Hall–Kier alpha value is -2.15. The summed E-state index contributed by atoms with van der Waals surface area (Å²) in [5.41, 5.74) is 1.82. The minimum absolute atomic E-state index is 0.135. The van der Waals surface area contributed by atoms with Crippen molar-refractivity contribution >= 4 is 5.82 Å². The van der Waals surface area contributed by atoms with E-state index in [9.17, 15) is 4.79 Å². The van der Waals surface area contributed by atoms with Crippen LogP contribution in [-0.4, -0.2) is 39.1 Å². The lowest BCUT2D eigenvalue weighted by Crippen LogP contribution is -2.32. The van der Waals surface area contributed by atoms with Gasteiger partial charge < -0.3 is 10.1 Å². The van der Waals surface area contributed by atoms with Gasteiger partial charge in [0, 0.05) is 43.0 Å². The van der Waals surface area contributed by atoms with Crippen molar-refractivity contribution in [1.82, 2.24) is 19.3 Å². The second-order valence-corrected chi connectivity index (χ2v) is 6.55. The summed E-state index contributed by atoms with van der Waals surface area (Å²) >= 11 is 0. The van der Waals surface area contributed by atoms with Crippen LogP contribution in [0.15, 0.2) is 17.1 Å². The summed E-state index contributed by atoms with van der Waals surface area (Å²) in [5, 5.41) is 7.81. The van der Waals surface area contributed by atoms with Crippen molar-refractivity contribution in [2.24, 2.45) is 0 Å². The Bertz CT molecular complexity index is 791. The summed E-state index contributed by atoms with van der Waals surface area (Å²) in [7, 11) is 0. The number of aromatic nitrogens is 4. The van der Waals surface area contributed by atoms with Crippen LogP contribution in [0.1, 0.15) is 36.0 Å². The number of ether oxygens (including phenoxy) is 1. The Kier molecular flexibility index (Phi) is 4.10. The lowest BCUT2D eigenvalue weighted by atomic mass is 10.1. The van der Waals surface area contributed by atoms with Gasteiger partial charge in [-0.15, -0.1) is 0 Å². The molecule has 7 nitrogen and oxygen atoms in total. The number of anilines is 1. The fraction of sp³-hybridized carbons (Fsp3) is 0.588. The zero-order valence-electron chi connectivity index (χ0n) is 14.0. The highest BCUT2D eigenvalue weighted by molar-refractivity contribution is 5.33. The van der Waals surface area contributed by atoms with Gasteiger partial charge in [0.05, 0.1) is 19.3 Å². The normalized spacial score (nSPS) is 17.4. The average molecular weight is 329 g/mol. The van der Waals surface area contributed by atoms with Crippen molar-refractivity contribution in [3.05, 3.63) is 39.7 Å². The number of aryl methyl sites for hydroxylation is 2. The van der Waals surface area contributed by atoms with Crippen molar-refractivity contribution < 1.29 is 4.74 Å².